The van der Waals surface area contributed by atoms with Crippen LogP contribution in [0.5, 0.6) is 0 Å². The van der Waals surface area contributed by atoms with E-state index in [4.69, 9.17) is 4.74 Å². The van der Waals surface area contributed by atoms with Crippen LogP contribution >= 0.6 is 0 Å². The maximum absolute atomic E-state index is 11.8. The van der Waals surface area contributed by atoms with Gasteiger partial charge in [-0.25, -0.2) is 4.79 Å². The Morgan fingerprint density at radius 2 is 2.18 bits per heavy atom. The molecule has 0 bridgehead atoms. The number of rotatable bonds is 1. The molecule has 2 aliphatic heterocycles. The van der Waals surface area contributed by atoms with Crippen molar-refractivity contribution in [2.75, 3.05) is 13.1 Å². The molecule has 3 nitrogen and oxygen atoms in total. The minimum atomic E-state index is -0.177. The molecular weight excluding hydrogens is 214 g/mol. The van der Waals surface area contributed by atoms with Crippen LogP contribution < -0.4 is 0 Å². The first-order valence-electron chi connectivity index (χ1n) is 6.29. The third-order valence-electron chi connectivity index (χ3n) is 3.69. The highest BCUT2D eigenvalue weighted by atomic mass is 16.6. The third kappa shape index (κ3) is 1.84. The Bertz CT molecular complexity index is 444. The summed E-state index contributed by atoms with van der Waals surface area (Å²) in [5, 5.41) is 0. The smallest absolute Gasteiger partial charge is 0.340 e. The fraction of sp³-hybridized carbons (Fsp3) is 0.500. The normalized spacial score (nSPS) is 28.9. The van der Waals surface area contributed by atoms with E-state index in [-0.39, 0.29) is 12.2 Å². The molecule has 17 heavy (non-hydrogen) atoms. The highest BCUT2D eigenvalue weighted by Crippen LogP contribution is 2.35. The third-order valence-corrected chi connectivity index (χ3v) is 3.69. The summed E-state index contributed by atoms with van der Waals surface area (Å²) in [6.07, 6.45) is 2.32. The van der Waals surface area contributed by atoms with Gasteiger partial charge in [0, 0.05) is 18.7 Å². The van der Waals surface area contributed by atoms with Crippen molar-refractivity contribution in [1.82, 2.24) is 4.90 Å². The van der Waals surface area contributed by atoms with Crippen molar-refractivity contribution in [3.63, 3.8) is 0 Å². The average Bonchev–Trinajstić information content (AvgIpc) is 2.68. The number of carbonyl (C=O) groups excluding carboxylic acids is 1. The van der Waals surface area contributed by atoms with Crippen LogP contribution in [0.2, 0.25) is 0 Å². The highest BCUT2D eigenvalue weighted by molar-refractivity contribution is 5.93. The van der Waals surface area contributed by atoms with Gasteiger partial charge in [-0.2, -0.15) is 0 Å². The second-order valence-electron chi connectivity index (χ2n) is 5.09. The topological polar surface area (TPSA) is 29.5 Å². The van der Waals surface area contributed by atoms with Crippen molar-refractivity contribution in [2.24, 2.45) is 5.92 Å². The summed E-state index contributed by atoms with van der Waals surface area (Å²) in [6.45, 7) is 4.30. The molecule has 1 saturated heterocycles. The predicted molar refractivity (Wildman–Crippen MR) is 64.6 cm³/mol. The van der Waals surface area contributed by atoms with E-state index in [0.717, 1.165) is 24.2 Å². The number of piperidine rings is 1. The van der Waals surface area contributed by atoms with Gasteiger partial charge in [0.1, 0.15) is 0 Å². The van der Waals surface area contributed by atoms with Crippen molar-refractivity contribution in [3.05, 3.63) is 35.4 Å². The molecule has 0 radical (unpaired) electrons. The van der Waals surface area contributed by atoms with E-state index in [0.29, 0.717) is 5.92 Å². The number of hydrogen-bond donors (Lipinski definition) is 0. The zero-order chi connectivity index (χ0) is 11.8. The molecule has 0 aliphatic carbocycles. The zero-order valence-corrected chi connectivity index (χ0v) is 10.1. The molecule has 0 aromatic heterocycles. The van der Waals surface area contributed by atoms with Crippen LogP contribution in [0.25, 0.3) is 0 Å². The molecule has 0 unspecified atom stereocenters. The lowest BCUT2D eigenvalue weighted by Gasteiger charge is -2.34. The Morgan fingerprint density at radius 3 is 3.00 bits per heavy atom. The van der Waals surface area contributed by atoms with Crippen LogP contribution in [0.1, 0.15) is 41.9 Å². The van der Waals surface area contributed by atoms with Crippen LogP contribution in [0.15, 0.2) is 24.3 Å². The van der Waals surface area contributed by atoms with Gasteiger partial charge in [0.05, 0.1) is 5.56 Å². The number of nitrogens with zero attached hydrogens (tertiary/aromatic N) is 1. The van der Waals surface area contributed by atoms with Gasteiger partial charge < -0.3 is 4.74 Å². The second-order valence-corrected chi connectivity index (χ2v) is 5.09. The SMILES string of the molecule is C[C@@H]1CCCN([C@H]2OC(=O)c3ccccc32)C1. The highest BCUT2D eigenvalue weighted by Gasteiger charge is 2.36. The van der Waals surface area contributed by atoms with E-state index in [1.807, 2.05) is 24.3 Å². The summed E-state index contributed by atoms with van der Waals surface area (Å²) < 4.78 is 5.51. The number of benzene rings is 1. The summed E-state index contributed by atoms with van der Waals surface area (Å²) in [5.41, 5.74) is 1.77. The molecule has 0 spiro atoms. The van der Waals surface area contributed by atoms with Crippen molar-refractivity contribution < 1.29 is 9.53 Å². The molecule has 1 aromatic rings. The Kier molecular flexibility index (Phi) is 2.63. The summed E-state index contributed by atoms with van der Waals surface area (Å²) in [6, 6.07) is 7.72. The van der Waals surface area contributed by atoms with E-state index < -0.39 is 0 Å². The second kappa shape index (κ2) is 4.15. The van der Waals surface area contributed by atoms with Crippen LogP contribution in [-0.2, 0) is 4.74 Å². The van der Waals surface area contributed by atoms with Gasteiger partial charge in [0.25, 0.3) is 0 Å². The Hall–Kier alpha value is -1.35. The van der Waals surface area contributed by atoms with Gasteiger partial charge in [-0.1, -0.05) is 25.1 Å². The van der Waals surface area contributed by atoms with Crippen molar-refractivity contribution in [3.8, 4) is 0 Å². The number of hydrogen-bond acceptors (Lipinski definition) is 3. The van der Waals surface area contributed by atoms with Gasteiger partial charge in [-0.15, -0.1) is 0 Å². The number of carbonyl (C=O) groups is 1. The van der Waals surface area contributed by atoms with Gasteiger partial charge in [0.15, 0.2) is 6.23 Å². The van der Waals surface area contributed by atoms with Gasteiger partial charge in [-0.3, -0.25) is 4.90 Å². The number of fused-ring (bicyclic) bond motifs is 1. The molecule has 90 valence electrons. The standard InChI is InChI=1S/C14H17NO2/c1-10-5-4-8-15(9-10)13-11-6-2-3-7-12(11)14(16)17-13/h2-3,6-7,10,13H,4-5,8-9H2,1H3/t10-,13+/m1/s1. The van der Waals surface area contributed by atoms with Crippen LogP contribution in [0.4, 0.5) is 0 Å². The number of esters is 1. The molecular formula is C14H17NO2. The van der Waals surface area contributed by atoms with Crippen LogP contribution in [-0.4, -0.2) is 24.0 Å². The Balaban J connectivity index is 1.88. The number of ether oxygens (including phenoxy) is 1. The first-order chi connectivity index (χ1) is 8.25. The van der Waals surface area contributed by atoms with Crippen LogP contribution in [0, 0.1) is 5.92 Å². The first-order valence-corrected chi connectivity index (χ1v) is 6.29. The summed E-state index contributed by atoms with van der Waals surface area (Å²) >= 11 is 0. The summed E-state index contributed by atoms with van der Waals surface area (Å²) in [4.78, 5) is 14.0. The van der Waals surface area contributed by atoms with Crippen molar-refractivity contribution in [1.29, 1.82) is 0 Å². The lowest BCUT2D eigenvalue weighted by molar-refractivity contribution is -0.0377. The van der Waals surface area contributed by atoms with Crippen molar-refractivity contribution >= 4 is 5.97 Å². The van der Waals surface area contributed by atoms with Crippen molar-refractivity contribution in [2.45, 2.75) is 26.0 Å². The van der Waals surface area contributed by atoms with E-state index >= 15 is 0 Å². The van der Waals surface area contributed by atoms with E-state index in [9.17, 15) is 4.79 Å². The minimum Gasteiger partial charge on any atom is -0.438 e. The zero-order valence-electron chi connectivity index (χ0n) is 10.1. The molecule has 2 aliphatic rings. The monoisotopic (exact) mass is 231 g/mol. The number of cyclic esters (lactones) is 1. The molecule has 1 aromatic carbocycles. The molecule has 3 heteroatoms. The van der Waals surface area contributed by atoms with E-state index in [1.165, 1.54) is 12.8 Å². The molecule has 0 saturated carbocycles. The van der Waals surface area contributed by atoms with Gasteiger partial charge in [-0.05, 0) is 24.8 Å². The van der Waals surface area contributed by atoms with E-state index in [1.54, 1.807) is 0 Å². The molecule has 3 rings (SSSR count). The predicted octanol–water partition coefficient (Wildman–Crippen LogP) is 2.59. The molecule has 2 heterocycles. The lowest BCUT2D eigenvalue weighted by Crippen LogP contribution is -2.37. The fourth-order valence-corrected chi connectivity index (χ4v) is 2.84. The summed E-state index contributed by atoms with van der Waals surface area (Å²) in [7, 11) is 0. The largest absolute Gasteiger partial charge is 0.438 e. The van der Waals surface area contributed by atoms with E-state index in [2.05, 4.69) is 11.8 Å². The molecule has 1 fully saturated rings. The van der Waals surface area contributed by atoms with Crippen LogP contribution in [0.3, 0.4) is 0 Å². The molecule has 0 amide bonds. The number of likely N-dealkylation sites (tertiary alicyclic amines) is 1. The minimum absolute atomic E-state index is 0.151. The quantitative estimate of drug-likeness (QED) is 0.696. The fourth-order valence-electron chi connectivity index (χ4n) is 2.84. The Labute approximate surface area is 101 Å². The van der Waals surface area contributed by atoms with Gasteiger partial charge in [0.2, 0.25) is 0 Å². The summed E-state index contributed by atoms with van der Waals surface area (Å²) in [5.74, 6) is 0.513. The molecule has 2 atom stereocenters. The maximum Gasteiger partial charge on any atom is 0.340 e. The maximum atomic E-state index is 11.8. The average molecular weight is 231 g/mol. The van der Waals surface area contributed by atoms with Gasteiger partial charge >= 0.3 is 5.97 Å². The lowest BCUT2D eigenvalue weighted by atomic mass is 9.99. The Morgan fingerprint density at radius 1 is 1.35 bits per heavy atom. The first kappa shape index (κ1) is 10.8. The molecule has 0 N–H and O–H groups in total.